The SMILES string of the molecule is CC1C=CN=C(C(C)C)CC1. The molecular formula is C10H17N. The second kappa shape index (κ2) is 3.70. The largest absolute Gasteiger partial charge is 0.266 e. The normalized spacial score (nSPS) is 25.1. The quantitative estimate of drug-likeness (QED) is 0.546. The molecule has 1 heteroatoms. The van der Waals surface area contributed by atoms with Gasteiger partial charge in [-0.3, -0.25) is 4.99 Å². The molecule has 0 spiro atoms. The van der Waals surface area contributed by atoms with Crippen molar-refractivity contribution in [3.63, 3.8) is 0 Å². The van der Waals surface area contributed by atoms with Crippen molar-refractivity contribution in [1.82, 2.24) is 0 Å². The Kier molecular flexibility index (Phi) is 2.86. The van der Waals surface area contributed by atoms with Gasteiger partial charge in [0, 0.05) is 11.9 Å². The van der Waals surface area contributed by atoms with E-state index in [-0.39, 0.29) is 0 Å². The maximum Gasteiger partial charge on any atom is 0.0230 e. The van der Waals surface area contributed by atoms with Crippen molar-refractivity contribution in [1.29, 1.82) is 0 Å². The first-order chi connectivity index (χ1) is 5.20. The van der Waals surface area contributed by atoms with Crippen molar-refractivity contribution >= 4 is 5.71 Å². The minimum absolute atomic E-state index is 0.616. The van der Waals surface area contributed by atoms with E-state index in [0.29, 0.717) is 11.8 Å². The minimum atomic E-state index is 0.616. The molecule has 0 amide bonds. The maximum atomic E-state index is 4.41. The van der Waals surface area contributed by atoms with Crippen LogP contribution in [0.2, 0.25) is 0 Å². The van der Waals surface area contributed by atoms with Crippen LogP contribution in [0, 0.1) is 11.8 Å². The molecule has 1 atom stereocenters. The van der Waals surface area contributed by atoms with Gasteiger partial charge in [-0.05, 0) is 24.7 Å². The molecule has 1 heterocycles. The molecule has 0 radical (unpaired) electrons. The highest BCUT2D eigenvalue weighted by atomic mass is 14.7. The number of rotatable bonds is 1. The molecular weight excluding hydrogens is 134 g/mol. The van der Waals surface area contributed by atoms with E-state index in [0.717, 1.165) is 0 Å². The summed E-state index contributed by atoms with van der Waals surface area (Å²) >= 11 is 0. The Morgan fingerprint density at radius 1 is 1.55 bits per heavy atom. The second-order valence-electron chi connectivity index (χ2n) is 3.63. The van der Waals surface area contributed by atoms with E-state index < -0.39 is 0 Å². The van der Waals surface area contributed by atoms with Crippen molar-refractivity contribution in [2.24, 2.45) is 16.8 Å². The fourth-order valence-corrected chi connectivity index (χ4v) is 1.26. The molecule has 0 aliphatic carbocycles. The zero-order chi connectivity index (χ0) is 8.27. The summed E-state index contributed by atoms with van der Waals surface area (Å²) in [5.41, 5.74) is 1.35. The van der Waals surface area contributed by atoms with E-state index in [1.165, 1.54) is 18.6 Å². The van der Waals surface area contributed by atoms with Gasteiger partial charge in [0.2, 0.25) is 0 Å². The summed E-state index contributed by atoms with van der Waals surface area (Å²) in [6, 6.07) is 0. The van der Waals surface area contributed by atoms with E-state index in [4.69, 9.17) is 0 Å². The van der Waals surface area contributed by atoms with Gasteiger partial charge in [-0.2, -0.15) is 0 Å². The number of hydrogen-bond donors (Lipinski definition) is 0. The molecule has 0 aromatic heterocycles. The molecule has 1 unspecified atom stereocenters. The Morgan fingerprint density at radius 2 is 2.27 bits per heavy atom. The molecule has 0 bridgehead atoms. The average molecular weight is 151 g/mol. The van der Waals surface area contributed by atoms with Gasteiger partial charge in [0.1, 0.15) is 0 Å². The maximum absolute atomic E-state index is 4.41. The Labute approximate surface area is 69.2 Å². The highest BCUT2D eigenvalue weighted by Crippen LogP contribution is 2.15. The van der Waals surface area contributed by atoms with Crippen LogP contribution in [0.1, 0.15) is 33.6 Å². The zero-order valence-corrected chi connectivity index (χ0v) is 7.67. The van der Waals surface area contributed by atoms with Crippen LogP contribution < -0.4 is 0 Å². The van der Waals surface area contributed by atoms with Crippen LogP contribution in [-0.4, -0.2) is 5.71 Å². The summed E-state index contributed by atoms with van der Waals surface area (Å²) in [6.07, 6.45) is 6.59. The Balaban J connectivity index is 2.59. The van der Waals surface area contributed by atoms with Crippen LogP contribution in [0.15, 0.2) is 17.3 Å². The van der Waals surface area contributed by atoms with E-state index in [1.54, 1.807) is 0 Å². The van der Waals surface area contributed by atoms with Crippen LogP contribution >= 0.6 is 0 Å². The van der Waals surface area contributed by atoms with E-state index in [2.05, 4.69) is 31.8 Å². The van der Waals surface area contributed by atoms with E-state index in [9.17, 15) is 0 Å². The lowest BCUT2D eigenvalue weighted by molar-refractivity contribution is 0.662. The monoisotopic (exact) mass is 151 g/mol. The molecule has 1 aliphatic rings. The van der Waals surface area contributed by atoms with Gasteiger partial charge in [-0.15, -0.1) is 0 Å². The van der Waals surface area contributed by atoms with E-state index in [1.807, 2.05) is 6.20 Å². The van der Waals surface area contributed by atoms with Gasteiger partial charge in [-0.25, -0.2) is 0 Å². The first kappa shape index (κ1) is 8.51. The molecule has 62 valence electrons. The summed E-state index contributed by atoms with van der Waals surface area (Å²) < 4.78 is 0. The van der Waals surface area contributed by atoms with Crippen LogP contribution in [0.5, 0.6) is 0 Å². The third-order valence-corrected chi connectivity index (χ3v) is 2.18. The van der Waals surface area contributed by atoms with Gasteiger partial charge < -0.3 is 0 Å². The summed E-state index contributed by atoms with van der Waals surface area (Å²) in [6.45, 7) is 6.67. The van der Waals surface area contributed by atoms with Crippen LogP contribution in [0.3, 0.4) is 0 Å². The number of aliphatic imine (C=N–C) groups is 1. The Bertz CT molecular complexity index is 177. The van der Waals surface area contributed by atoms with Crippen molar-refractivity contribution in [2.75, 3.05) is 0 Å². The van der Waals surface area contributed by atoms with Gasteiger partial charge in [-0.1, -0.05) is 26.8 Å². The van der Waals surface area contributed by atoms with Crippen LogP contribution in [-0.2, 0) is 0 Å². The molecule has 11 heavy (non-hydrogen) atoms. The molecule has 0 saturated heterocycles. The first-order valence-electron chi connectivity index (χ1n) is 4.43. The summed E-state index contributed by atoms with van der Waals surface area (Å²) in [5.74, 6) is 1.32. The van der Waals surface area contributed by atoms with Gasteiger partial charge >= 0.3 is 0 Å². The molecule has 0 aromatic rings. The lowest BCUT2D eigenvalue weighted by atomic mass is 9.99. The molecule has 0 saturated carbocycles. The smallest absolute Gasteiger partial charge is 0.0230 e. The van der Waals surface area contributed by atoms with Crippen molar-refractivity contribution in [3.05, 3.63) is 12.3 Å². The molecule has 0 fully saturated rings. The number of nitrogens with zero attached hydrogens (tertiary/aromatic N) is 1. The molecule has 0 N–H and O–H groups in total. The first-order valence-corrected chi connectivity index (χ1v) is 4.43. The van der Waals surface area contributed by atoms with Gasteiger partial charge in [0.15, 0.2) is 0 Å². The van der Waals surface area contributed by atoms with Crippen LogP contribution in [0.4, 0.5) is 0 Å². The second-order valence-corrected chi connectivity index (χ2v) is 3.63. The Morgan fingerprint density at radius 3 is 2.91 bits per heavy atom. The third-order valence-electron chi connectivity index (χ3n) is 2.18. The third kappa shape index (κ3) is 2.49. The molecule has 1 nitrogen and oxygen atoms in total. The summed E-state index contributed by atoms with van der Waals surface area (Å²) in [4.78, 5) is 4.41. The number of hydrogen-bond acceptors (Lipinski definition) is 1. The van der Waals surface area contributed by atoms with Gasteiger partial charge in [0.05, 0.1) is 0 Å². The lowest BCUT2D eigenvalue weighted by Gasteiger charge is -2.07. The highest BCUT2D eigenvalue weighted by molar-refractivity contribution is 5.86. The number of allylic oxidation sites excluding steroid dienone is 1. The van der Waals surface area contributed by atoms with Gasteiger partial charge in [0.25, 0.3) is 0 Å². The minimum Gasteiger partial charge on any atom is -0.266 e. The Hall–Kier alpha value is -0.590. The van der Waals surface area contributed by atoms with E-state index >= 15 is 0 Å². The average Bonchev–Trinajstić information content (AvgIpc) is 2.13. The highest BCUT2D eigenvalue weighted by Gasteiger charge is 2.08. The zero-order valence-electron chi connectivity index (χ0n) is 7.67. The van der Waals surface area contributed by atoms with Crippen molar-refractivity contribution in [2.45, 2.75) is 33.6 Å². The predicted molar refractivity (Wildman–Crippen MR) is 49.8 cm³/mol. The summed E-state index contributed by atoms with van der Waals surface area (Å²) in [7, 11) is 0. The standard InChI is InChI=1S/C10H17N/c1-8(2)10-5-4-9(3)6-7-11-10/h6-9H,4-5H2,1-3H3. The fourth-order valence-electron chi connectivity index (χ4n) is 1.26. The lowest BCUT2D eigenvalue weighted by Crippen LogP contribution is -2.06. The summed E-state index contributed by atoms with van der Waals surface area (Å²) in [5, 5.41) is 0. The van der Waals surface area contributed by atoms with Crippen molar-refractivity contribution in [3.8, 4) is 0 Å². The molecule has 0 aromatic carbocycles. The fraction of sp³-hybridized carbons (Fsp3) is 0.700. The molecule has 1 rings (SSSR count). The topological polar surface area (TPSA) is 12.4 Å². The van der Waals surface area contributed by atoms with Crippen molar-refractivity contribution < 1.29 is 0 Å². The molecule has 1 aliphatic heterocycles. The van der Waals surface area contributed by atoms with Crippen LogP contribution in [0.25, 0.3) is 0 Å². The predicted octanol–water partition coefficient (Wildman–Crippen LogP) is 3.03.